The Kier molecular flexibility index (Phi) is 3.40. The Balaban J connectivity index is 2.93. The smallest absolute Gasteiger partial charge is 0.323 e. The van der Waals surface area contributed by atoms with Crippen molar-refractivity contribution in [1.82, 2.24) is 4.98 Å². The molecule has 19 heavy (non-hydrogen) atoms. The van der Waals surface area contributed by atoms with Gasteiger partial charge in [0.1, 0.15) is 11.5 Å². The average Bonchev–Trinajstić information content (AvgIpc) is 2.33. The molecule has 1 aromatic carbocycles. The van der Waals surface area contributed by atoms with Crippen LogP contribution in [0.15, 0.2) is 16.6 Å². The number of benzene rings is 1. The zero-order valence-corrected chi connectivity index (χ0v) is 11.2. The summed E-state index contributed by atoms with van der Waals surface area (Å²) in [4.78, 5) is 3.54. The highest BCUT2D eigenvalue weighted by atomic mass is 79.9. The highest BCUT2D eigenvalue weighted by Crippen LogP contribution is 2.37. The summed E-state index contributed by atoms with van der Waals surface area (Å²) >= 11 is 2.99. The van der Waals surface area contributed by atoms with Gasteiger partial charge < -0.3 is 5.43 Å². The normalized spacial score (nSPS) is 11.9. The van der Waals surface area contributed by atoms with Gasteiger partial charge >= 0.3 is 6.18 Å². The number of nitrogens with zero attached hydrogens (tertiary/aromatic N) is 1. The third kappa shape index (κ3) is 2.37. The lowest BCUT2D eigenvalue weighted by atomic mass is 10.1. The predicted octanol–water partition coefficient (Wildman–Crippen LogP) is 3.75. The minimum atomic E-state index is -4.60. The Morgan fingerprint density at radius 3 is 2.47 bits per heavy atom. The summed E-state index contributed by atoms with van der Waals surface area (Å²) in [7, 11) is 0. The first-order chi connectivity index (χ1) is 8.75. The Labute approximate surface area is 113 Å². The molecule has 0 bridgehead atoms. The Hall–Kier alpha value is -1.41. The van der Waals surface area contributed by atoms with Gasteiger partial charge in [-0.2, -0.15) is 13.2 Å². The van der Waals surface area contributed by atoms with E-state index < -0.39 is 17.7 Å². The van der Waals surface area contributed by atoms with Crippen LogP contribution < -0.4 is 11.3 Å². The lowest BCUT2D eigenvalue weighted by Gasteiger charge is -2.14. The van der Waals surface area contributed by atoms with E-state index in [4.69, 9.17) is 5.84 Å². The molecule has 0 saturated carbocycles. The molecule has 0 spiro atoms. The summed E-state index contributed by atoms with van der Waals surface area (Å²) in [5, 5.41) is 0.174. The number of halogens is 5. The largest absolute Gasteiger partial charge is 0.433 e. The lowest BCUT2D eigenvalue weighted by molar-refractivity contribution is -0.140. The van der Waals surface area contributed by atoms with E-state index in [1.807, 2.05) is 0 Å². The van der Waals surface area contributed by atoms with Gasteiger partial charge in [-0.25, -0.2) is 9.37 Å². The van der Waals surface area contributed by atoms with Gasteiger partial charge in [0.05, 0.1) is 15.7 Å². The molecule has 8 heteroatoms. The van der Waals surface area contributed by atoms with E-state index in [0.29, 0.717) is 5.56 Å². The van der Waals surface area contributed by atoms with E-state index in [0.717, 1.165) is 12.1 Å². The number of pyridine rings is 1. The van der Waals surface area contributed by atoms with Gasteiger partial charge in [0.2, 0.25) is 0 Å². The van der Waals surface area contributed by atoms with Gasteiger partial charge in [-0.1, -0.05) is 0 Å². The van der Waals surface area contributed by atoms with E-state index in [1.165, 1.54) is 6.92 Å². The zero-order chi connectivity index (χ0) is 14.4. The van der Waals surface area contributed by atoms with Crippen molar-refractivity contribution in [2.75, 3.05) is 5.43 Å². The minimum Gasteiger partial charge on any atom is -0.323 e. The van der Waals surface area contributed by atoms with Gasteiger partial charge in [0, 0.05) is 5.39 Å². The van der Waals surface area contributed by atoms with Crippen LogP contribution in [0.4, 0.5) is 23.2 Å². The SMILES string of the molecule is Cc1cc(F)c(Br)c2c(NN)cc(C(F)(F)F)nc12. The lowest BCUT2D eigenvalue weighted by Crippen LogP contribution is -2.13. The van der Waals surface area contributed by atoms with E-state index in [-0.39, 0.29) is 21.1 Å². The van der Waals surface area contributed by atoms with Crippen LogP contribution in [0.3, 0.4) is 0 Å². The van der Waals surface area contributed by atoms with Gasteiger partial charge in [0.25, 0.3) is 0 Å². The monoisotopic (exact) mass is 337 g/mol. The molecule has 3 nitrogen and oxygen atoms in total. The number of hydrazine groups is 1. The summed E-state index contributed by atoms with van der Waals surface area (Å²) < 4.78 is 51.8. The van der Waals surface area contributed by atoms with Crippen molar-refractivity contribution in [3.63, 3.8) is 0 Å². The van der Waals surface area contributed by atoms with E-state index >= 15 is 0 Å². The van der Waals surface area contributed by atoms with Crippen LogP contribution in [-0.4, -0.2) is 4.98 Å². The first kappa shape index (κ1) is 14.0. The van der Waals surface area contributed by atoms with Crippen LogP contribution in [0, 0.1) is 12.7 Å². The molecule has 102 valence electrons. The molecule has 0 unspecified atom stereocenters. The molecule has 2 rings (SSSR count). The number of nitrogen functional groups attached to an aromatic ring is 1. The number of rotatable bonds is 1. The molecule has 0 aliphatic carbocycles. The Morgan fingerprint density at radius 1 is 1.32 bits per heavy atom. The van der Waals surface area contributed by atoms with Crippen LogP contribution in [0.2, 0.25) is 0 Å². The molecular formula is C11H8BrF4N3. The fourth-order valence-electron chi connectivity index (χ4n) is 1.75. The van der Waals surface area contributed by atoms with Gasteiger partial charge in [-0.3, -0.25) is 5.84 Å². The molecule has 0 fully saturated rings. The van der Waals surface area contributed by atoms with Crippen LogP contribution in [0.5, 0.6) is 0 Å². The maximum absolute atomic E-state index is 13.6. The van der Waals surface area contributed by atoms with Crippen molar-refractivity contribution in [2.24, 2.45) is 5.84 Å². The van der Waals surface area contributed by atoms with Crippen molar-refractivity contribution in [3.8, 4) is 0 Å². The first-order valence-corrected chi connectivity index (χ1v) is 5.88. The van der Waals surface area contributed by atoms with E-state index in [2.05, 4.69) is 26.3 Å². The Morgan fingerprint density at radius 2 is 1.95 bits per heavy atom. The second-order valence-electron chi connectivity index (χ2n) is 3.91. The Bertz CT molecular complexity index is 655. The average molecular weight is 338 g/mol. The molecule has 0 aliphatic rings. The van der Waals surface area contributed by atoms with Crippen molar-refractivity contribution < 1.29 is 17.6 Å². The summed E-state index contributed by atoms with van der Waals surface area (Å²) in [6, 6.07) is 1.85. The van der Waals surface area contributed by atoms with Crippen molar-refractivity contribution in [2.45, 2.75) is 13.1 Å². The molecule has 1 heterocycles. The number of nitrogens with one attached hydrogen (secondary N) is 1. The topological polar surface area (TPSA) is 50.9 Å². The fraction of sp³-hybridized carbons (Fsp3) is 0.182. The van der Waals surface area contributed by atoms with Crippen LogP contribution in [0.25, 0.3) is 10.9 Å². The molecule has 2 aromatic rings. The maximum Gasteiger partial charge on any atom is 0.433 e. The fourth-order valence-corrected chi connectivity index (χ4v) is 2.27. The zero-order valence-electron chi connectivity index (χ0n) is 9.57. The third-order valence-corrected chi connectivity index (χ3v) is 3.39. The number of hydrogen-bond donors (Lipinski definition) is 2. The number of aryl methyl sites for hydroxylation is 1. The quantitative estimate of drug-likeness (QED) is 0.473. The van der Waals surface area contributed by atoms with E-state index in [1.54, 1.807) is 0 Å². The molecule has 0 radical (unpaired) electrons. The molecule has 0 atom stereocenters. The maximum atomic E-state index is 13.6. The second-order valence-corrected chi connectivity index (χ2v) is 4.70. The summed E-state index contributed by atoms with van der Waals surface area (Å²) in [6.07, 6.45) is -4.60. The highest BCUT2D eigenvalue weighted by Gasteiger charge is 2.34. The summed E-state index contributed by atoms with van der Waals surface area (Å²) in [6.45, 7) is 1.48. The van der Waals surface area contributed by atoms with Gasteiger partial charge in [-0.05, 0) is 40.5 Å². The highest BCUT2D eigenvalue weighted by molar-refractivity contribution is 9.10. The number of aromatic nitrogens is 1. The van der Waals surface area contributed by atoms with Crippen LogP contribution >= 0.6 is 15.9 Å². The predicted molar refractivity (Wildman–Crippen MR) is 67.0 cm³/mol. The van der Waals surface area contributed by atoms with Crippen molar-refractivity contribution in [3.05, 3.63) is 33.7 Å². The minimum absolute atomic E-state index is 0.0160. The molecule has 1 aromatic heterocycles. The van der Waals surface area contributed by atoms with Gasteiger partial charge in [-0.15, -0.1) is 0 Å². The molecule has 3 N–H and O–H groups in total. The summed E-state index contributed by atoms with van der Waals surface area (Å²) in [5.74, 6) is 4.61. The molecule has 0 aliphatic heterocycles. The van der Waals surface area contributed by atoms with Crippen LogP contribution in [-0.2, 0) is 6.18 Å². The third-order valence-electron chi connectivity index (χ3n) is 2.61. The van der Waals surface area contributed by atoms with Crippen LogP contribution in [0.1, 0.15) is 11.3 Å². The molecule has 0 saturated heterocycles. The molecule has 0 amide bonds. The van der Waals surface area contributed by atoms with E-state index in [9.17, 15) is 17.6 Å². The number of nitrogens with two attached hydrogens (primary N) is 1. The van der Waals surface area contributed by atoms with Crippen molar-refractivity contribution >= 4 is 32.5 Å². The van der Waals surface area contributed by atoms with Crippen molar-refractivity contribution in [1.29, 1.82) is 0 Å². The second kappa shape index (κ2) is 4.61. The molecular weight excluding hydrogens is 330 g/mol. The van der Waals surface area contributed by atoms with Gasteiger partial charge in [0.15, 0.2) is 0 Å². The standard InChI is InChI=1S/C11H8BrF4N3/c1-4-2-5(13)9(12)8-6(19-17)3-7(11(14,15)16)18-10(4)8/h2-3H,17H2,1H3,(H,18,19). The number of anilines is 1. The summed E-state index contributed by atoms with van der Waals surface area (Å²) in [5.41, 5.74) is 1.33. The number of fused-ring (bicyclic) bond motifs is 1. The number of hydrogen-bond acceptors (Lipinski definition) is 3. The number of alkyl halides is 3. The first-order valence-electron chi connectivity index (χ1n) is 5.09.